The van der Waals surface area contributed by atoms with Crippen molar-refractivity contribution in [1.29, 1.82) is 0 Å². The quantitative estimate of drug-likeness (QED) is 0.745. The van der Waals surface area contributed by atoms with E-state index >= 15 is 0 Å². The second kappa shape index (κ2) is 7.11. The van der Waals surface area contributed by atoms with E-state index in [4.69, 9.17) is 16.6 Å². The molecule has 0 amide bonds. The van der Waals surface area contributed by atoms with Gasteiger partial charge in [0, 0.05) is 16.0 Å². The maximum Gasteiger partial charge on any atom is 0.164 e. The number of thioether (sulfide) groups is 1. The number of fused-ring (bicyclic) bond motifs is 1. The Morgan fingerprint density at radius 1 is 1.22 bits per heavy atom. The van der Waals surface area contributed by atoms with Crippen molar-refractivity contribution in [2.45, 2.75) is 24.8 Å². The van der Waals surface area contributed by atoms with Crippen molar-refractivity contribution in [3.8, 4) is 0 Å². The Kier molecular flexibility index (Phi) is 4.94. The summed E-state index contributed by atoms with van der Waals surface area (Å²) in [4.78, 5) is 6.72. The molecule has 0 radical (unpaired) electrons. The van der Waals surface area contributed by atoms with Gasteiger partial charge in [0.2, 0.25) is 0 Å². The predicted octanol–water partition coefficient (Wildman–Crippen LogP) is 4.06. The van der Waals surface area contributed by atoms with E-state index in [-0.39, 0.29) is 28.6 Å². The summed E-state index contributed by atoms with van der Waals surface area (Å²) in [6.45, 7) is 2.44. The molecule has 2 unspecified atom stereocenters. The van der Waals surface area contributed by atoms with E-state index in [9.17, 15) is 12.8 Å². The van der Waals surface area contributed by atoms with E-state index in [1.54, 1.807) is 12.1 Å². The molecule has 0 bridgehead atoms. The number of hydrogen-bond acceptors (Lipinski definition) is 5. The van der Waals surface area contributed by atoms with Crippen molar-refractivity contribution >= 4 is 44.1 Å². The van der Waals surface area contributed by atoms with Gasteiger partial charge in [-0.25, -0.2) is 12.8 Å². The molecule has 2 aromatic carbocycles. The van der Waals surface area contributed by atoms with Crippen LogP contribution in [-0.2, 0) is 16.4 Å². The fourth-order valence-electron chi connectivity index (χ4n) is 3.26. The van der Waals surface area contributed by atoms with Crippen molar-refractivity contribution in [2.24, 2.45) is 4.99 Å². The van der Waals surface area contributed by atoms with Gasteiger partial charge in [0.15, 0.2) is 15.0 Å². The van der Waals surface area contributed by atoms with Crippen LogP contribution in [0.1, 0.15) is 11.1 Å². The summed E-state index contributed by atoms with van der Waals surface area (Å²) in [6, 6.07) is 11.9. The summed E-state index contributed by atoms with van der Waals surface area (Å²) in [6.07, 6.45) is 0. The molecule has 0 aromatic heterocycles. The number of nitrogens with zero attached hydrogens (tertiary/aromatic N) is 2. The molecule has 0 saturated carbocycles. The van der Waals surface area contributed by atoms with Gasteiger partial charge in [-0.15, -0.1) is 0 Å². The van der Waals surface area contributed by atoms with Gasteiger partial charge in [0.05, 0.1) is 24.1 Å². The van der Waals surface area contributed by atoms with Crippen LogP contribution >= 0.6 is 23.4 Å². The van der Waals surface area contributed by atoms with Crippen LogP contribution in [0.15, 0.2) is 47.5 Å². The van der Waals surface area contributed by atoms with Gasteiger partial charge in [0.25, 0.3) is 0 Å². The Morgan fingerprint density at radius 3 is 2.63 bits per heavy atom. The Balaban J connectivity index is 1.68. The van der Waals surface area contributed by atoms with E-state index in [1.807, 2.05) is 30.0 Å². The van der Waals surface area contributed by atoms with Crippen LogP contribution in [0.3, 0.4) is 0 Å². The number of amidine groups is 1. The van der Waals surface area contributed by atoms with Crippen molar-refractivity contribution < 1.29 is 12.8 Å². The van der Waals surface area contributed by atoms with Gasteiger partial charge < -0.3 is 4.90 Å². The zero-order valence-electron chi connectivity index (χ0n) is 14.6. The number of rotatable bonds is 3. The lowest BCUT2D eigenvalue weighted by atomic mass is 10.1. The van der Waals surface area contributed by atoms with Crippen LogP contribution < -0.4 is 4.90 Å². The highest BCUT2D eigenvalue weighted by Crippen LogP contribution is 2.38. The second-order valence-corrected chi connectivity index (χ2v) is 10.6. The molecule has 2 aliphatic rings. The normalized spacial score (nSPS) is 23.1. The molecule has 0 aliphatic carbocycles. The van der Waals surface area contributed by atoms with Crippen molar-refractivity contribution in [3.05, 3.63) is 64.4 Å². The topological polar surface area (TPSA) is 49.7 Å². The van der Waals surface area contributed by atoms with Gasteiger partial charge in [-0.1, -0.05) is 41.6 Å². The summed E-state index contributed by atoms with van der Waals surface area (Å²) >= 11 is 7.82. The highest BCUT2D eigenvalue weighted by Gasteiger charge is 2.44. The molecule has 2 aromatic rings. The third kappa shape index (κ3) is 4.00. The highest BCUT2D eigenvalue weighted by molar-refractivity contribution is 8.15. The maximum atomic E-state index is 13.3. The van der Waals surface area contributed by atoms with Crippen LogP contribution in [0.5, 0.6) is 0 Å². The summed E-state index contributed by atoms with van der Waals surface area (Å²) in [7, 11) is -3.00. The molecule has 8 heteroatoms. The average molecular weight is 425 g/mol. The lowest BCUT2D eigenvalue weighted by Gasteiger charge is -2.25. The van der Waals surface area contributed by atoms with Gasteiger partial charge in [-0.3, -0.25) is 4.99 Å². The van der Waals surface area contributed by atoms with Gasteiger partial charge >= 0.3 is 0 Å². The average Bonchev–Trinajstić information content (AvgIpc) is 3.10. The summed E-state index contributed by atoms with van der Waals surface area (Å²) in [5, 5.41) is 1.40. The third-order valence-corrected chi connectivity index (χ3v) is 8.41. The van der Waals surface area contributed by atoms with Crippen molar-refractivity contribution in [3.63, 3.8) is 0 Å². The number of hydrogen-bond donors (Lipinski definition) is 0. The Labute approximate surface area is 167 Å². The third-order valence-electron chi connectivity index (χ3n) is 4.76. The van der Waals surface area contributed by atoms with Crippen molar-refractivity contribution in [1.82, 2.24) is 0 Å². The SMILES string of the molecule is Cc1ccc(N(Cc2ccc(F)cc2)C2=NC3CS(=O)(=O)CC3S2)cc1Cl. The fraction of sp³-hybridized carbons (Fsp3) is 0.316. The van der Waals surface area contributed by atoms with Crippen LogP contribution in [0.4, 0.5) is 10.1 Å². The number of sulfone groups is 1. The Bertz CT molecular complexity index is 1010. The molecule has 27 heavy (non-hydrogen) atoms. The summed E-state index contributed by atoms with van der Waals surface area (Å²) < 4.78 is 37.0. The molecule has 0 N–H and O–H groups in total. The molecular formula is C19H18ClFN2O2S2. The zero-order chi connectivity index (χ0) is 19.2. The summed E-state index contributed by atoms with van der Waals surface area (Å²) in [5.41, 5.74) is 2.79. The monoisotopic (exact) mass is 424 g/mol. The molecule has 2 atom stereocenters. The second-order valence-electron chi connectivity index (χ2n) is 6.86. The Morgan fingerprint density at radius 2 is 1.96 bits per heavy atom. The first kappa shape index (κ1) is 18.8. The first-order valence-electron chi connectivity index (χ1n) is 8.54. The minimum atomic E-state index is -3.00. The van der Waals surface area contributed by atoms with Gasteiger partial charge in [0.1, 0.15) is 5.82 Å². The van der Waals surface area contributed by atoms with Crippen LogP contribution in [0.25, 0.3) is 0 Å². The molecule has 4 nitrogen and oxygen atoms in total. The van der Waals surface area contributed by atoms with E-state index < -0.39 is 9.84 Å². The number of aryl methyl sites for hydroxylation is 1. The molecule has 4 rings (SSSR count). The lowest BCUT2D eigenvalue weighted by molar-refractivity contribution is 0.601. The first-order chi connectivity index (χ1) is 12.8. The van der Waals surface area contributed by atoms with E-state index in [0.29, 0.717) is 11.6 Å². The predicted molar refractivity (Wildman–Crippen MR) is 110 cm³/mol. The number of halogens is 2. The van der Waals surface area contributed by atoms with Crippen LogP contribution in [0.2, 0.25) is 5.02 Å². The molecule has 0 spiro atoms. The number of anilines is 1. The molecule has 2 heterocycles. The fourth-order valence-corrected chi connectivity index (χ4v) is 7.22. The standard InChI is InChI=1S/C19H18ClFN2O2S2/c1-12-2-7-15(8-16(12)20)23(9-13-3-5-14(21)6-4-13)19-22-17-10-27(24,25)11-18(17)26-19/h2-8,17-18H,9-11H2,1H3. The highest BCUT2D eigenvalue weighted by atomic mass is 35.5. The van der Waals surface area contributed by atoms with E-state index in [0.717, 1.165) is 22.0 Å². The van der Waals surface area contributed by atoms with E-state index in [1.165, 1.54) is 23.9 Å². The number of benzene rings is 2. The minimum absolute atomic E-state index is 0.0401. The van der Waals surface area contributed by atoms with Crippen LogP contribution in [-0.4, -0.2) is 36.4 Å². The first-order valence-corrected chi connectivity index (χ1v) is 11.6. The van der Waals surface area contributed by atoms with Crippen LogP contribution in [0, 0.1) is 12.7 Å². The zero-order valence-corrected chi connectivity index (χ0v) is 17.0. The lowest BCUT2D eigenvalue weighted by Crippen LogP contribution is -2.28. The van der Waals surface area contributed by atoms with Gasteiger partial charge in [-0.05, 0) is 42.3 Å². The molecule has 1 saturated heterocycles. The number of aliphatic imine (C=N–C) groups is 1. The van der Waals surface area contributed by atoms with E-state index in [2.05, 4.69) is 0 Å². The smallest absolute Gasteiger partial charge is 0.164 e. The Hall–Kier alpha value is -1.57. The molecule has 1 fully saturated rings. The van der Waals surface area contributed by atoms with Gasteiger partial charge in [-0.2, -0.15) is 0 Å². The molecular weight excluding hydrogens is 407 g/mol. The largest absolute Gasteiger partial charge is 0.317 e. The minimum Gasteiger partial charge on any atom is -0.317 e. The molecule has 2 aliphatic heterocycles. The maximum absolute atomic E-state index is 13.3. The summed E-state index contributed by atoms with van der Waals surface area (Å²) in [5.74, 6) is -0.0160. The molecule has 142 valence electrons. The van der Waals surface area contributed by atoms with Crippen molar-refractivity contribution in [2.75, 3.05) is 16.4 Å².